The summed E-state index contributed by atoms with van der Waals surface area (Å²) in [5.41, 5.74) is 2.17. The van der Waals surface area contributed by atoms with Crippen molar-refractivity contribution < 1.29 is 13.2 Å². The van der Waals surface area contributed by atoms with Crippen molar-refractivity contribution in [1.82, 2.24) is 14.8 Å². The lowest BCUT2D eigenvalue weighted by molar-refractivity contribution is 0.343. The summed E-state index contributed by atoms with van der Waals surface area (Å²) in [6.07, 6.45) is 0.677. The van der Waals surface area contributed by atoms with Crippen LogP contribution in [0.25, 0.3) is 5.69 Å². The third-order valence-corrected chi connectivity index (χ3v) is 6.48. The number of nitrogens with zero attached hydrogens (tertiary/aromatic N) is 3. The Morgan fingerprint density at radius 2 is 1.53 bits per heavy atom. The number of para-hydroxylation sites is 1. The number of thioether (sulfide) groups is 1. The lowest BCUT2D eigenvalue weighted by Gasteiger charge is -2.11. The largest absolute Gasteiger partial charge is 0.493 e. The van der Waals surface area contributed by atoms with Crippen LogP contribution in [0.15, 0.2) is 95.0 Å². The number of hydrogen-bond donors (Lipinski definition) is 1. The Morgan fingerprint density at radius 1 is 0.875 bits per heavy atom. The third kappa shape index (κ3) is 5.56. The van der Waals surface area contributed by atoms with Crippen LogP contribution in [0.2, 0.25) is 0 Å². The lowest BCUT2D eigenvalue weighted by atomic mass is 10.1. The molecule has 0 radical (unpaired) electrons. The second kappa shape index (κ2) is 9.99. The summed E-state index contributed by atoms with van der Waals surface area (Å²) in [6, 6.07) is 26.2. The van der Waals surface area contributed by atoms with E-state index in [9.17, 15) is 8.42 Å². The molecule has 1 aromatic heterocycles. The van der Waals surface area contributed by atoms with E-state index in [1.54, 1.807) is 23.9 Å². The van der Waals surface area contributed by atoms with Crippen LogP contribution in [0.1, 0.15) is 11.4 Å². The first-order valence-corrected chi connectivity index (χ1v) is 12.5. The van der Waals surface area contributed by atoms with Gasteiger partial charge in [0.15, 0.2) is 5.16 Å². The number of primary sulfonamides is 1. The Bertz CT molecular complexity index is 1260. The van der Waals surface area contributed by atoms with Crippen molar-refractivity contribution in [1.29, 1.82) is 0 Å². The van der Waals surface area contributed by atoms with E-state index >= 15 is 0 Å². The molecule has 0 fully saturated rings. The molecule has 0 bridgehead atoms. The van der Waals surface area contributed by atoms with E-state index in [-0.39, 0.29) is 4.90 Å². The highest BCUT2D eigenvalue weighted by atomic mass is 32.2. The summed E-state index contributed by atoms with van der Waals surface area (Å²) in [4.78, 5) is 0.0566. The van der Waals surface area contributed by atoms with Crippen molar-refractivity contribution in [3.05, 3.63) is 96.3 Å². The minimum absolute atomic E-state index is 0.0566. The molecule has 0 aliphatic rings. The second-order valence-electron chi connectivity index (χ2n) is 6.95. The molecule has 0 amide bonds. The predicted molar refractivity (Wildman–Crippen MR) is 125 cm³/mol. The van der Waals surface area contributed by atoms with Gasteiger partial charge in [-0.3, -0.25) is 4.57 Å². The van der Waals surface area contributed by atoms with Gasteiger partial charge in [-0.25, -0.2) is 13.6 Å². The van der Waals surface area contributed by atoms with Crippen molar-refractivity contribution in [2.24, 2.45) is 5.14 Å². The van der Waals surface area contributed by atoms with Crippen molar-refractivity contribution in [2.45, 2.75) is 16.5 Å². The maximum absolute atomic E-state index is 11.3. The van der Waals surface area contributed by atoms with Crippen LogP contribution in [0, 0.1) is 0 Å². The Labute approximate surface area is 191 Å². The van der Waals surface area contributed by atoms with Crippen LogP contribution in [0.5, 0.6) is 5.75 Å². The average Bonchev–Trinajstić information content (AvgIpc) is 3.20. The molecule has 4 aromatic rings. The van der Waals surface area contributed by atoms with Gasteiger partial charge in [-0.15, -0.1) is 10.2 Å². The number of ether oxygens (including phenoxy) is 1. The van der Waals surface area contributed by atoms with Crippen LogP contribution >= 0.6 is 11.8 Å². The summed E-state index contributed by atoms with van der Waals surface area (Å²) in [6.45, 7) is 0.426. The first-order valence-electron chi connectivity index (χ1n) is 9.93. The summed E-state index contributed by atoms with van der Waals surface area (Å²) < 4.78 is 30.5. The molecule has 164 valence electrons. The Hall–Kier alpha value is -3.14. The number of sulfonamides is 1. The molecule has 9 heteroatoms. The van der Waals surface area contributed by atoms with E-state index in [0.717, 1.165) is 16.7 Å². The SMILES string of the molecule is NS(=O)(=O)c1ccc(OCCSc2nnc(Cc3ccccc3)n2-c2ccccc2)cc1. The second-order valence-corrected chi connectivity index (χ2v) is 9.57. The minimum atomic E-state index is -3.71. The van der Waals surface area contributed by atoms with Crippen molar-refractivity contribution in [3.8, 4) is 11.4 Å². The first-order chi connectivity index (χ1) is 15.5. The van der Waals surface area contributed by atoms with Gasteiger partial charge in [0.2, 0.25) is 10.0 Å². The highest BCUT2D eigenvalue weighted by Gasteiger charge is 2.15. The zero-order chi connectivity index (χ0) is 22.4. The number of aromatic nitrogens is 3. The fourth-order valence-corrected chi connectivity index (χ4v) is 4.44. The molecule has 0 saturated heterocycles. The van der Waals surface area contributed by atoms with E-state index in [0.29, 0.717) is 24.5 Å². The molecular formula is C23H22N4O3S2. The highest BCUT2D eigenvalue weighted by molar-refractivity contribution is 7.99. The van der Waals surface area contributed by atoms with Crippen molar-refractivity contribution in [2.75, 3.05) is 12.4 Å². The Kier molecular flexibility index (Phi) is 6.89. The summed E-state index contributed by atoms with van der Waals surface area (Å²) in [5.74, 6) is 2.09. The van der Waals surface area contributed by atoms with Crippen molar-refractivity contribution >= 4 is 21.8 Å². The van der Waals surface area contributed by atoms with Gasteiger partial charge in [-0.05, 0) is 42.0 Å². The van der Waals surface area contributed by atoms with E-state index in [1.807, 2.05) is 48.5 Å². The Balaban J connectivity index is 1.44. The van der Waals surface area contributed by atoms with Gasteiger partial charge in [0.1, 0.15) is 11.6 Å². The molecule has 0 atom stereocenters. The summed E-state index contributed by atoms with van der Waals surface area (Å²) in [7, 11) is -3.71. The quantitative estimate of drug-likeness (QED) is 0.298. The number of hydrogen-bond acceptors (Lipinski definition) is 6. The Morgan fingerprint density at radius 3 is 2.19 bits per heavy atom. The van der Waals surface area contributed by atoms with Gasteiger partial charge in [0.05, 0.1) is 11.5 Å². The molecule has 2 N–H and O–H groups in total. The third-order valence-electron chi connectivity index (χ3n) is 4.66. The van der Waals surface area contributed by atoms with E-state index < -0.39 is 10.0 Å². The maximum Gasteiger partial charge on any atom is 0.238 e. The zero-order valence-corrected chi connectivity index (χ0v) is 18.8. The van der Waals surface area contributed by atoms with Gasteiger partial charge < -0.3 is 4.74 Å². The molecule has 0 spiro atoms. The van der Waals surface area contributed by atoms with Gasteiger partial charge in [-0.1, -0.05) is 60.3 Å². The number of rotatable bonds is 9. The van der Waals surface area contributed by atoms with Crippen LogP contribution in [0.4, 0.5) is 0 Å². The van der Waals surface area contributed by atoms with Gasteiger partial charge >= 0.3 is 0 Å². The van der Waals surface area contributed by atoms with E-state index in [4.69, 9.17) is 9.88 Å². The number of nitrogens with two attached hydrogens (primary N) is 1. The average molecular weight is 467 g/mol. The van der Waals surface area contributed by atoms with Gasteiger partial charge in [0, 0.05) is 17.9 Å². The lowest BCUT2D eigenvalue weighted by Crippen LogP contribution is -2.11. The topological polar surface area (TPSA) is 100 Å². The minimum Gasteiger partial charge on any atom is -0.493 e. The molecule has 0 aliphatic carbocycles. The normalized spacial score (nSPS) is 11.4. The van der Waals surface area contributed by atoms with E-state index in [2.05, 4.69) is 26.9 Å². The monoisotopic (exact) mass is 466 g/mol. The first kappa shape index (κ1) is 22.1. The fourth-order valence-electron chi connectivity index (χ4n) is 3.14. The molecule has 32 heavy (non-hydrogen) atoms. The van der Waals surface area contributed by atoms with E-state index in [1.165, 1.54) is 17.7 Å². The molecule has 0 aliphatic heterocycles. The molecule has 7 nitrogen and oxygen atoms in total. The van der Waals surface area contributed by atoms with Crippen LogP contribution in [-0.4, -0.2) is 35.5 Å². The zero-order valence-electron chi connectivity index (χ0n) is 17.2. The maximum atomic E-state index is 11.3. The van der Waals surface area contributed by atoms with Gasteiger partial charge in [0.25, 0.3) is 0 Å². The standard InChI is InChI=1S/C23H22N4O3S2/c24-32(28,29)21-13-11-20(12-14-21)30-15-16-31-23-26-25-22(17-18-7-3-1-4-8-18)27(23)19-9-5-2-6-10-19/h1-14H,15-17H2,(H2,24,28,29). The smallest absolute Gasteiger partial charge is 0.238 e. The molecule has 0 unspecified atom stereocenters. The molecular weight excluding hydrogens is 444 g/mol. The highest BCUT2D eigenvalue weighted by Crippen LogP contribution is 2.24. The molecule has 3 aromatic carbocycles. The van der Waals surface area contributed by atoms with Crippen LogP contribution in [0.3, 0.4) is 0 Å². The van der Waals surface area contributed by atoms with Crippen molar-refractivity contribution in [3.63, 3.8) is 0 Å². The van der Waals surface area contributed by atoms with Gasteiger partial charge in [-0.2, -0.15) is 0 Å². The number of benzene rings is 3. The molecule has 0 saturated carbocycles. The summed E-state index contributed by atoms with van der Waals surface area (Å²) >= 11 is 1.55. The predicted octanol–water partition coefficient (Wildman–Crippen LogP) is 3.68. The summed E-state index contributed by atoms with van der Waals surface area (Å²) in [5, 5.41) is 14.8. The van der Waals surface area contributed by atoms with Crippen LogP contribution < -0.4 is 9.88 Å². The molecule has 1 heterocycles. The fraction of sp³-hybridized carbons (Fsp3) is 0.130. The molecule has 4 rings (SSSR count). The van der Waals surface area contributed by atoms with Crippen LogP contribution in [-0.2, 0) is 16.4 Å².